The second kappa shape index (κ2) is 5.45. The first-order valence-corrected chi connectivity index (χ1v) is 6.48. The number of nitrogens with two attached hydrogens (primary N) is 1. The molecular formula is C15H21N3O. The van der Waals surface area contributed by atoms with Crippen LogP contribution < -0.4 is 10.5 Å². The lowest BCUT2D eigenvalue weighted by Gasteiger charge is -2.12. The maximum Gasteiger partial charge on any atom is 0.122 e. The molecule has 0 bridgehead atoms. The molecule has 2 rings (SSSR count). The molecule has 1 aromatic carbocycles. The van der Waals surface area contributed by atoms with Crippen molar-refractivity contribution in [2.24, 2.45) is 12.8 Å². The molecule has 19 heavy (non-hydrogen) atoms. The number of hydrogen-bond donors (Lipinski definition) is 1. The predicted octanol–water partition coefficient (Wildman–Crippen LogP) is 2.68. The number of benzene rings is 1. The van der Waals surface area contributed by atoms with Crippen LogP contribution in [0.3, 0.4) is 0 Å². The van der Waals surface area contributed by atoms with Crippen molar-refractivity contribution in [3.63, 3.8) is 0 Å². The molecule has 102 valence electrons. The highest BCUT2D eigenvalue weighted by Crippen LogP contribution is 2.31. The quantitative estimate of drug-likeness (QED) is 0.918. The summed E-state index contributed by atoms with van der Waals surface area (Å²) in [6.07, 6.45) is 0. The van der Waals surface area contributed by atoms with E-state index in [4.69, 9.17) is 10.5 Å². The molecule has 0 aliphatic rings. The first kappa shape index (κ1) is 13.6. The maximum atomic E-state index is 5.69. The zero-order valence-electron chi connectivity index (χ0n) is 12.0. The third-order valence-corrected chi connectivity index (χ3v) is 3.33. The molecule has 1 heterocycles. The van der Waals surface area contributed by atoms with Gasteiger partial charge < -0.3 is 10.5 Å². The first-order chi connectivity index (χ1) is 9.06. The van der Waals surface area contributed by atoms with Gasteiger partial charge in [-0.05, 0) is 35.7 Å². The third kappa shape index (κ3) is 2.63. The van der Waals surface area contributed by atoms with Crippen LogP contribution in [0.15, 0.2) is 24.3 Å². The second-order valence-corrected chi connectivity index (χ2v) is 4.96. The minimum Gasteiger partial charge on any atom is -0.496 e. The molecule has 0 amide bonds. The molecule has 4 nitrogen and oxygen atoms in total. The van der Waals surface area contributed by atoms with E-state index in [1.54, 1.807) is 7.11 Å². The Morgan fingerprint density at radius 3 is 2.58 bits per heavy atom. The summed E-state index contributed by atoms with van der Waals surface area (Å²) >= 11 is 0. The SMILES string of the molecule is COc1ccc(-c2cc(CN)n(C)n2)cc1C(C)C. The number of rotatable bonds is 4. The summed E-state index contributed by atoms with van der Waals surface area (Å²) < 4.78 is 7.23. The van der Waals surface area contributed by atoms with Crippen molar-refractivity contribution in [3.8, 4) is 17.0 Å². The van der Waals surface area contributed by atoms with Crippen molar-refractivity contribution in [1.29, 1.82) is 0 Å². The van der Waals surface area contributed by atoms with Gasteiger partial charge in [-0.1, -0.05) is 13.8 Å². The standard InChI is InChI=1S/C15H21N3O/c1-10(2)13-7-11(5-6-15(13)19-4)14-8-12(9-16)18(3)17-14/h5-8,10H,9,16H2,1-4H3. The van der Waals surface area contributed by atoms with E-state index in [1.165, 1.54) is 5.56 Å². The Balaban J connectivity index is 2.47. The number of aryl methyl sites for hydroxylation is 1. The van der Waals surface area contributed by atoms with Gasteiger partial charge in [0.2, 0.25) is 0 Å². The van der Waals surface area contributed by atoms with E-state index in [9.17, 15) is 0 Å². The van der Waals surface area contributed by atoms with Crippen molar-refractivity contribution >= 4 is 0 Å². The summed E-state index contributed by atoms with van der Waals surface area (Å²) in [6.45, 7) is 4.81. The van der Waals surface area contributed by atoms with Gasteiger partial charge in [0, 0.05) is 19.2 Å². The molecule has 0 spiro atoms. The minimum atomic E-state index is 0.410. The van der Waals surface area contributed by atoms with Crippen molar-refractivity contribution in [1.82, 2.24) is 9.78 Å². The van der Waals surface area contributed by atoms with Gasteiger partial charge >= 0.3 is 0 Å². The summed E-state index contributed by atoms with van der Waals surface area (Å²) in [4.78, 5) is 0. The fourth-order valence-corrected chi connectivity index (χ4v) is 2.18. The van der Waals surface area contributed by atoms with Gasteiger partial charge in [-0.3, -0.25) is 4.68 Å². The zero-order chi connectivity index (χ0) is 14.0. The Hall–Kier alpha value is -1.81. The Morgan fingerprint density at radius 2 is 2.05 bits per heavy atom. The van der Waals surface area contributed by atoms with E-state index in [-0.39, 0.29) is 0 Å². The largest absolute Gasteiger partial charge is 0.496 e. The first-order valence-electron chi connectivity index (χ1n) is 6.48. The van der Waals surface area contributed by atoms with E-state index in [0.29, 0.717) is 12.5 Å². The smallest absolute Gasteiger partial charge is 0.122 e. The number of aromatic nitrogens is 2. The van der Waals surface area contributed by atoms with Gasteiger partial charge in [0.05, 0.1) is 18.5 Å². The molecule has 0 fully saturated rings. The van der Waals surface area contributed by atoms with Crippen LogP contribution in [0.25, 0.3) is 11.3 Å². The molecule has 0 aliphatic heterocycles. The Bertz CT molecular complexity index is 573. The average molecular weight is 259 g/mol. The lowest BCUT2D eigenvalue weighted by Crippen LogP contribution is -2.03. The fourth-order valence-electron chi connectivity index (χ4n) is 2.18. The second-order valence-electron chi connectivity index (χ2n) is 4.96. The molecule has 2 N–H and O–H groups in total. The molecule has 1 aromatic heterocycles. The molecule has 2 aromatic rings. The lowest BCUT2D eigenvalue weighted by atomic mass is 9.98. The van der Waals surface area contributed by atoms with Gasteiger partial charge in [-0.25, -0.2) is 0 Å². The third-order valence-electron chi connectivity index (χ3n) is 3.33. The summed E-state index contributed by atoms with van der Waals surface area (Å²) in [5.41, 5.74) is 9.95. The van der Waals surface area contributed by atoms with Gasteiger partial charge in [0.25, 0.3) is 0 Å². The minimum absolute atomic E-state index is 0.410. The highest BCUT2D eigenvalue weighted by Gasteiger charge is 2.11. The van der Waals surface area contributed by atoms with E-state index in [0.717, 1.165) is 22.7 Å². The van der Waals surface area contributed by atoms with Gasteiger partial charge in [-0.15, -0.1) is 0 Å². The molecule has 4 heteroatoms. The molecule has 0 saturated carbocycles. The molecule has 0 radical (unpaired) electrons. The van der Waals surface area contributed by atoms with Gasteiger partial charge in [-0.2, -0.15) is 5.10 Å². The zero-order valence-corrected chi connectivity index (χ0v) is 12.0. The van der Waals surface area contributed by atoms with Crippen LogP contribution in [0.1, 0.15) is 31.0 Å². The number of nitrogens with zero attached hydrogens (tertiary/aromatic N) is 2. The Labute approximate surface area is 114 Å². The molecule has 0 saturated heterocycles. The van der Waals surface area contributed by atoms with Crippen molar-refractivity contribution in [2.75, 3.05) is 7.11 Å². The number of hydrogen-bond acceptors (Lipinski definition) is 3. The molecule has 0 atom stereocenters. The van der Waals surface area contributed by atoms with Gasteiger partial charge in [0.1, 0.15) is 5.75 Å². The predicted molar refractivity (Wildman–Crippen MR) is 77.2 cm³/mol. The Kier molecular flexibility index (Phi) is 3.90. The number of ether oxygens (including phenoxy) is 1. The van der Waals surface area contributed by atoms with Crippen LogP contribution in [-0.4, -0.2) is 16.9 Å². The van der Waals surface area contributed by atoms with Crippen LogP contribution in [-0.2, 0) is 13.6 Å². The average Bonchev–Trinajstić information content (AvgIpc) is 2.79. The van der Waals surface area contributed by atoms with Gasteiger partial charge in [0.15, 0.2) is 0 Å². The summed E-state index contributed by atoms with van der Waals surface area (Å²) in [6, 6.07) is 8.22. The maximum absolute atomic E-state index is 5.69. The molecule has 0 unspecified atom stereocenters. The summed E-state index contributed by atoms with van der Waals surface area (Å²) in [5.74, 6) is 1.33. The molecular weight excluding hydrogens is 238 g/mol. The fraction of sp³-hybridized carbons (Fsp3) is 0.400. The summed E-state index contributed by atoms with van der Waals surface area (Å²) in [7, 11) is 3.62. The van der Waals surface area contributed by atoms with Crippen molar-refractivity contribution in [2.45, 2.75) is 26.3 Å². The highest BCUT2D eigenvalue weighted by atomic mass is 16.5. The van der Waals surface area contributed by atoms with Crippen LogP contribution in [0.2, 0.25) is 0 Å². The van der Waals surface area contributed by atoms with Crippen LogP contribution in [0.5, 0.6) is 5.75 Å². The van der Waals surface area contributed by atoms with E-state index in [2.05, 4.69) is 25.0 Å². The summed E-state index contributed by atoms with van der Waals surface area (Å²) in [5, 5.41) is 4.50. The molecule has 0 aliphatic carbocycles. The normalized spacial score (nSPS) is 11.1. The Morgan fingerprint density at radius 1 is 1.32 bits per heavy atom. The lowest BCUT2D eigenvalue weighted by molar-refractivity contribution is 0.407. The van der Waals surface area contributed by atoms with E-state index >= 15 is 0 Å². The monoisotopic (exact) mass is 259 g/mol. The van der Waals surface area contributed by atoms with E-state index in [1.807, 2.05) is 29.9 Å². The topological polar surface area (TPSA) is 53.1 Å². The highest BCUT2D eigenvalue weighted by molar-refractivity contribution is 5.63. The van der Waals surface area contributed by atoms with Crippen LogP contribution in [0.4, 0.5) is 0 Å². The van der Waals surface area contributed by atoms with Crippen molar-refractivity contribution < 1.29 is 4.74 Å². The van der Waals surface area contributed by atoms with Crippen LogP contribution in [0, 0.1) is 0 Å². The number of methoxy groups -OCH3 is 1. The van der Waals surface area contributed by atoms with Crippen LogP contribution >= 0.6 is 0 Å². The van der Waals surface area contributed by atoms with E-state index < -0.39 is 0 Å². The van der Waals surface area contributed by atoms with Crippen molar-refractivity contribution in [3.05, 3.63) is 35.5 Å².